The molecule has 5 heteroatoms. The van der Waals surface area contributed by atoms with Crippen molar-refractivity contribution in [2.24, 2.45) is 0 Å². The second-order valence-corrected chi connectivity index (χ2v) is 5.77. The minimum atomic E-state index is -0.734. The van der Waals surface area contributed by atoms with Gasteiger partial charge in [0.15, 0.2) is 0 Å². The number of amides is 3. The lowest BCUT2D eigenvalue weighted by Gasteiger charge is -2.26. The van der Waals surface area contributed by atoms with Crippen LogP contribution in [-0.2, 0) is 4.79 Å². The standard InChI is InChI=1S/C13H23N3O2/c1-13(2)11(17)16(12(18)14-13)10-6-9-15-7-4-3-5-8-15/h3-10H2,1-2H3,(H,14,18). The zero-order valence-corrected chi connectivity index (χ0v) is 11.4. The average Bonchev–Trinajstić information content (AvgIpc) is 2.52. The van der Waals surface area contributed by atoms with Crippen molar-refractivity contribution >= 4 is 11.9 Å². The highest BCUT2D eigenvalue weighted by Gasteiger charge is 2.43. The molecule has 2 aliphatic rings. The van der Waals surface area contributed by atoms with Crippen LogP contribution >= 0.6 is 0 Å². The largest absolute Gasteiger partial charge is 0.325 e. The van der Waals surface area contributed by atoms with Crippen LogP contribution in [0.1, 0.15) is 39.5 Å². The molecule has 102 valence electrons. The van der Waals surface area contributed by atoms with Crippen LogP contribution < -0.4 is 5.32 Å². The molecule has 1 N–H and O–H groups in total. The summed E-state index contributed by atoms with van der Waals surface area (Å²) in [6, 6.07) is -0.247. The highest BCUT2D eigenvalue weighted by atomic mass is 16.2. The highest BCUT2D eigenvalue weighted by Crippen LogP contribution is 2.17. The molecule has 0 unspecified atom stereocenters. The summed E-state index contributed by atoms with van der Waals surface area (Å²) in [5.41, 5.74) is -0.734. The normalized spacial score (nSPS) is 24.4. The maximum Gasteiger partial charge on any atom is 0.325 e. The van der Waals surface area contributed by atoms with Crippen LogP contribution in [0, 0.1) is 0 Å². The first kappa shape index (κ1) is 13.3. The van der Waals surface area contributed by atoms with E-state index in [1.165, 1.54) is 24.2 Å². The van der Waals surface area contributed by atoms with Crippen LogP contribution in [-0.4, -0.2) is 53.5 Å². The monoisotopic (exact) mass is 253 g/mol. The van der Waals surface area contributed by atoms with E-state index < -0.39 is 5.54 Å². The zero-order chi connectivity index (χ0) is 13.2. The van der Waals surface area contributed by atoms with E-state index >= 15 is 0 Å². The molecule has 2 fully saturated rings. The third-order valence-corrected chi connectivity index (χ3v) is 3.75. The van der Waals surface area contributed by atoms with Crippen molar-refractivity contribution < 1.29 is 9.59 Å². The topological polar surface area (TPSA) is 52.7 Å². The first-order valence-corrected chi connectivity index (χ1v) is 6.87. The van der Waals surface area contributed by atoms with Crippen LogP contribution in [0.4, 0.5) is 4.79 Å². The van der Waals surface area contributed by atoms with E-state index in [9.17, 15) is 9.59 Å². The maximum atomic E-state index is 11.9. The summed E-state index contributed by atoms with van der Waals surface area (Å²) in [4.78, 5) is 27.4. The molecule has 2 heterocycles. The molecular formula is C13H23N3O2. The van der Waals surface area contributed by atoms with Gasteiger partial charge >= 0.3 is 6.03 Å². The Balaban J connectivity index is 1.76. The number of nitrogens with zero attached hydrogens (tertiary/aromatic N) is 2. The van der Waals surface area contributed by atoms with Crippen LogP contribution in [0.3, 0.4) is 0 Å². The molecule has 3 amide bonds. The van der Waals surface area contributed by atoms with Gasteiger partial charge in [-0.15, -0.1) is 0 Å². The molecule has 0 saturated carbocycles. The Morgan fingerprint density at radius 1 is 1.11 bits per heavy atom. The zero-order valence-electron chi connectivity index (χ0n) is 11.4. The van der Waals surface area contributed by atoms with Gasteiger partial charge in [0.25, 0.3) is 5.91 Å². The van der Waals surface area contributed by atoms with E-state index in [0.29, 0.717) is 6.54 Å². The van der Waals surface area contributed by atoms with E-state index in [0.717, 1.165) is 26.1 Å². The van der Waals surface area contributed by atoms with Crippen molar-refractivity contribution in [2.45, 2.75) is 45.1 Å². The number of hydrogen-bond acceptors (Lipinski definition) is 3. The average molecular weight is 253 g/mol. The Morgan fingerprint density at radius 2 is 1.78 bits per heavy atom. The van der Waals surface area contributed by atoms with Gasteiger partial charge in [0.05, 0.1) is 0 Å². The number of nitrogens with one attached hydrogen (secondary N) is 1. The molecule has 0 spiro atoms. The van der Waals surface area contributed by atoms with E-state index in [2.05, 4.69) is 10.2 Å². The van der Waals surface area contributed by atoms with Crippen molar-refractivity contribution in [3.8, 4) is 0 Å². The fourth-order valence-electron chi connectivity index (χ4n) is 2.66. The van der Waals surface area contributed by atoms with E-state index in [4.69, 9.17) is 0 Å². The van der Waals surface area contributed by atoms with Crippen LogP contribution in [0.25, 0.3) is 0 Å². The fraction of sp³-hybridized carbons (Fsp3) is 0.846. The number of imide groups is 1. The van der Waals surface area contributed by atoms with Gasteiger partial charge in [0.1, 0.15) is 5.54 Å². The summed E-state index contributed by atoms with van der Waals surface area (Å²) < 4.78 is 0. The molecule has 2 rings (SSSR count). The molecule has 0 aromatic rings. The molecule has 0 aliphatic carbocycles. The lowest BCUT2D eigenvalue weighted by molar-refractivity contribution is -0.130. The minimum absolute atomic E-state index is 0.105. The van der Waals surface area contributed by atoms with Crippen LogP contribution in [0.2, 0.25) is 0 Å². The van der Waals surface area contributed by atoms with Gasteiger partial charge in [-0.1, -0.05) is 6.42 Å². The summed E-state index contributed by atoms with van der Waals surface area (Å²) in [5, 5.41) is 2.71. The third-order valence-electron chi connectivity index (χ3n) is 3.75. The molecule has 0 aromatic carbocycles. The summed E-state index contributed by atoms with van der Waals surface area (Å²) in [6.07, 6.45) is 4.75. The Bertz CT molecular complexity index is 335. The number of rotatable bonds is 4. The van der Waals surface area contributed by atoms with Gasteiger partial charge in [0.2, 0.25) is 0 Å². The molecular weight excluding hydrogens is 230 g/mol. The van der Waals surface area contributed by atoms with Gasteiger partial charge in [-0.3, -0.25) is 9.69 Å². The number of hydrogen-bond donors (Lipinski definition) is 1. The van der Waals surface area contributed by atoms with E-state index in [-0.39, 0.29) is 11.9 Å². The highest BCUT2D eigenvalue weighted by molar-refractivity contribution is 6.06. The van der Waals surface area contributed by atoms with E-state index in [1.807, 2.05) is 0 Å². The molecule has 0 radical (unpaired) electrons. The van der Waals surface area contributed by atoms with Crippen LogP contribution in [0.15, 0.2) is 0 Å². The quantitative estimate of drug-likeness (QED) is 0.766. The maximum absolute atomic E-state index is 11.9. The van der Waals surface area contributed by atoms with Crippen molar-refractivity contribution in [3.05, 3.63) is 0 Å². The van der Waals surface area contributed by atoms with Crippen molar-refractivity contribution in [3.63, 3.8) is 0 Å². The Kier molecular flexibility index (Phi) is 3.90. The van der Waals surface area contributed by atoms with Crippen molar-refractivity contribution in [2.75, 3.05) is 26.2 Å². The predicted octanol–water partition coefficient (Wildman–Crippen LogP) is 1.19. The van der Waals surface area contributed by atoms with Gasteiger partial charge in [-0.25, -0.2) is 4.79 Å². The third kappa shape index (κ3) is 2.83. The SMILES string of the molecule is CC1(C)NC(=O)N(CCCN2CCCCC2)C1=O. The van der Waals surface area contributed by atoms with Gasteiger partial charge in [0, 0.05) is 6.54 Å². The smallest absolute Gasteiger partial charge is 0.324 e. The van der Waals surface area contributed by atoms with Gasteiger partial charge in [-0.05, 0) is 52.7 Å². The first-order valence-electron chi connectivity index (χ1n) is 6.87. The number of likely N-dealkylation sites (tertiary alicyclic amines) is 1. The Morgan fingerprint density at radius 3 is 2.33 bits per heavy atom. The lowest BCUT2D eigenvalue weighted by atomic mass is 10.1. The molecule has 0 aromatic heterocycles. The van der Waals surface area contributed by atoms with Crippen molar-refractivity contribution in [1.29, 1.82) is 0 Å². The molecule has 18 heavy (non-hydrogen) atoms. The van der Waals surface area contributed by atoms with Gasteiger partial charge < -0.3 is 10.2 Å². The lowest BCUT2D eigenvalue weighted by Crippen LogP contribution is -2.40. The number of carbonyl (C=O) groups excluding carboxylic acids is 2. The molecule has 2 saturated heterocycles. The number of urea groups is 1. The number of piperidine rings is 1. The molecule has 2 aliphatic heterocycles. The summed E-state index contributed by atoms with van der Waals surface area (Å²) in [5.74, 6) is -0.105. The van der Waals surface area contributed by atoms with Crippen LogP contribution in [0.5, 0.6) is 0 Å². The predicted molar refractivity (Wildman–Crippen MR) is 69.2 cm³/mol. The van der Waals surface area contributed by atoms with Gasteiger partial charge in [-0.2, -0.15) is 0 Å². The van der Waals surface area contributed by atoms with E-state index in [1.54, 1.807) is 13.8 Å². The summed E-state index contributed by atoms with van der Waals surface area (Å²) >= 11 is 0. The first-order chi connectivity index (χ1) is 8.50. The summed E-state index contributed by atoms with van der Waals surface area (Å²) in [6.45, 7) is 7.33. The second kappa shape index (κ2) is 5.26. The Labute approximate surface area is 108 Å². The minimum Gasteiger partial charge on any atom is -0.324 e. The fourth-order valence-corrected chi connectivity index (χ4v) is 2.66. The molecule has 0 atom stereocenters. The number of carbonyl (C=O) groups is 2. The summed E-state index contributed by atoms with van der Waals surface area (Å²) in [7, 11) is 0. The Hall–Kier alpha value is -1.10. The molecule has 0 bridgehead atoms. The van der Waals surface area contributed by atoms with Crippen molar-refractivity contribution in [1.82, 2.24) is 15.1 Å². The second-order valence-electron chi connectivity index (χ2n) is 5.77. The molecule has 5 nitrogen and oxygen atoms in total.